The molecule has 2 rings (SSSR count). The molecule has 1 aromatic rings. The van der Waals surface area contributed by atoms with Gasteiger partial charge < -0.3 is 4.74 Å². The first-order valence-electron chi connectivity index (χ1n) is 6.37. The van der Waals surface area contributed by atoms with Crippen LogP contribution in [0.25, 0.3) is 0 Å². The van der Waals surface area contributed by atoms with Crippen molar-refractivity contribution >= 4 is 11.0 Å². The van der Waals surface area contributed by atoms with Crippen molar-refractivity contribution in [3.8, 4) is 5.75 Å². The number of benzene rings is 1. The Morgan fingerprint density at radius 3 is 2.32 bits per heavy atom. The van der Waals surface area contributed by atoms with Crippen molar-refractivity contribution in [3.05, 3.63) is 42.5 Å². The molecule has 0 spiro atoms. The summed E-state index contributed by atoms with van der Waals surface area (Å²) >= 11 is 0. The van der Waals surface area contributed by atoms with E-state index < -0.39 is 11.0 Å². The molecular formula is C15H21NO2S. The highest BCUT2D eigenvalue weighted by Crippen LogP contribution is 2.47. The lowest BCUT2D eigenvalue weighted by atomic mass is 10.1. The summed E-state index contributed by atoms with van der Waals surface area (Å²) in [5, 5.41) is 0. The highest BCUT2D eigenvalue weighted by molar-refractivity contribution is 7.84. The summed E-state index contributed by atoms with van der Waals surface area (Å²) in [5.74, 6) is 0.836. The third-order valence-electron chi connectivity index (χ3n) is 3.22. The molecule has 104 valence electrons. The van der Waals surface area contributed by atoms with Crippen molar-refractivity contribution < 1.29 is 8.95 Å². The van der Waals surface area contributed by atoms with E-state index in [0.29, 0.717) is 0 Å². The Kier molecular flexibility index (Phi) is 3.83. The van der Waals surface area contributed by atoms with Gasteiger partial charge in [0.05, 0.1) is 23.9 Å². The van der Waals surface area contributed by atoms with Crippen LogP contribution in [-0.4, -0.2) is 26.4 Å². The largest absolute Gasteiger partial charge is 0.497 e. The molecule has 1 heterocycles. The molecule has 0 amide bonds. The van der Waals surface area contributed by atoms with E-state index in [-0.39, 0.29) is 16.8 Å². The van der Waals surface area contributed by atoms with Gasteiger partial charge in [0.15, 0.2) is 0 Å². The fourth-order valence-corrected chi connectivity index (χ4v) is 3.59. The first kappa shape index (κ1) is 14.3. The predicted octanol–water partition coefficient (Wildman–Crippen LogP) is 3.07. The van der Waals surface area contributed by atoms with Crippen molar-refractivity contribution in [1.29, 1.82) is 0 Å². The topological polar surface area (TPSA) is 29.3 Å². The van der Waals surface area contributed by atoms with E-state index in [1.807, 2.05) is 55.4 Å². The first-order chi connectivity index (χ1) is 8.90. The van der Waals surface area contributed by atoms with Crippen LogP contribution in [0.5, 0.6) is 5.75 Å². The molecule has 4 heteroatoms. The SMILES string of the molecule is C=C[C@H]1[C@@H](c2ccc(OC)cc2)N1[S@](=O)C(C)(C)C. The summed E-state index contributed by atoms with van der Waals surface area (Å²) in [5.41, 5.74) is 1.16. The molecule has 1 saturated heterocycles. The molecule has 1 aromatic carbocycles. The molecule has 0 bridgehead atoms. The quantitative estimate of drug-likeness (QED) is 0.626. The molecule has 1 fully saturated rings. The molecule has 0 radical (unpaired) electrons. The van der Waals surface area contributed by atoms with Crippen LogP contribution >= 0.6 is 0 Å². The summed E-state index contributed by atoms with van der Waals surface area (Å²) < 4.78 is 19.4. The fraction of sp³-hybridized carbons (Fsp3) is 0.467. The maximum Gasteiger partial charge on any atom is 0.118 e. The van der Waals surface area contributed by atoms with Crippen LogP contribution in [0.3, 0.4) is 0 Å². The summed E-state index contributed by atoms with van der Waals surface area (Å²) in [6.07, 6.45) is 1.87. The van der Waals surface area contributed by atoms with Crippen molar-refractivity contribution in [2.75, 3.05) is 7.11 Å². The highest BCUT2D eigenvalue weighted by Gasteiger charge is 2.52. The van der Waals surface area contributed by atoms with E-state index in [1.165, 1.54) is 0 Å². The van der Waals surface area contributed by atoms with Crippen LogP contribution in [0.2, 0.25) is 0 Å². The van der Waals surface area contributed by atoms with Gasteiger partial charge in [-0.3, -0.25) is 0 Å². The Balaban J connectivity index is 2.20. The predicted molar refractivity (Wildman–Crippen MR) is 79.5 cm³/mol. The number of hydrogen-bond acceptors (Lipinski definition) is 2. The zero-order valence-corrected chi connectivity index (χ0v) is 12.7. The Morgan fingerprint density at radius 2 is 1.89 bits per heavy atom. The molecule has 0 aromatic heterocycles. The summed E-state index contributed by atoms with van der Waals surface area (Å²) in [7, 11) is 0.638. The van der Waals surface area contributed by atoms with Crippen LogP contribution in [0.4, 0.5) is 0 Å². The molecule has 0 N–H and O–H groups in total. The van der Waals surface area contributed by atoms with Crippen molar-refractivity contribution in [2.45, 2.75) is 37.6 Å². The summed E-state index contributed by atoms with van der Waals surface area (Å²) in [6, 6.07) is 8.26. The van der Waals surface area contributed by atoms with E-state index in [0.717, 1.165) is 11.3 Å². The Hall–Kier alpha value is -1.13. The monoisotopic (exact) mass is 279 g/mol. The molecule has 0 aliphatic carbocycles. The Morgan fingerprint density at radius 1 is 1.32 bits per heavy atom. The second kappa shape index (κ2) is 5.10. The third-order valence-corrected chi connectivity index (χ3v) is 5.12. The van der Waals surface area contributed by atoms with Crippen LogP contribution in [0.1, 0.15) is 32.4 Å². The van der Waals surface area contributed by atoms with Crippen LogP contribution in [0.15, 0.2) is 36.9 Å². The molecular weight excluding hydrogens is 258 g/mol. The highest BCUT2D eigenvalue weighted by atomic mass is 32.2. The van der Waals surface area contributed by atoms with Gasteiger partial charge in [0.2, 0.25) is 0 Å². The van der Waals surface area contributed by atoms with Gasteiger partial charge in [-0.1, -0.05) is 18.2 Å². The van der Waals surface area contributed by atoms with Crippen LogP contribution < -0.4 is 4.74 Å². The lowest BCUT2D eigenvalue weighted by Gasteiger charge is -2.18. The van der Waals surface area contributed by atoms with E-state index in [1.54, 1.807) is 7.11 Å². The maximum atomic E-state index is 12.5. The second-order valence-electron chi connectivity index (χ2n) is 5.67. The molecule has 4 atom stereocenters. The number of ether oxygens (including phenoxy) is 1. The minimum absolute atomic E-state index is 0.161. The summed E-state index contributed by atoms with van der Waals surface area (Å²) in [6.45, 7) is 9.82. The summed E-state index contributed by atoms with van der Waals surface area (Å²) in [4.78, 5) is 0. The molecule has 1 aliphatic heterocycles. The van der Waals surface area contributed by atoms with Gasteiger partial charge in [0, 0.05) is 0 Å². The van der Waals surface area contributed by atoms with Gasteiger partial charge in [-0.2, -0.15) is 0 Å². The van der Waals surface area contributed by atoms with Crippen LogP contribution in [0, 0.1) is 0 Å². The minimum Gasteiger partial charge on any atom is -0.497 e. The van der Waals surface area contributed by atoms with E-state index in [4.69, 9.17) is 4.74 Å². The number of methoxy groups -OCH3 is 1. The van der Waals surface area contributed by atoms with Gasteiger partial charge in [0.25, 0.3) is 0 Å². The third kappa shape index (κ3) is 2.74. The van der Waals surface area contributed by atoms with E-state index in [2.05, 4.69) is 6.58 Å². The number of nitrogens with zero attached hydrogens (tertiary/aromatic N) is 1. The lowest BCUT2D eigenvalue weighted by Crippen LogP contribution is -2.28. The molecule has 0 saturated carbocycles. The average molecular weight is 279 g/mol. The molecule has 19 heavy (non-hydrogen) atoms. The number of rotatable bonds is 4. The van der Waals surface area contributed by atoms with Gasteiger partial charge in [-0.15, -0.1) is 6.58 Å². The normalized spacial score (nSPS) is 27.7. The van der Waals surface area contributed by atoms with E-state index in [9.17, 15) is 4.21 Å². The lowest BCUT2D eigenvalue weighted by molar-refractivity contribution is 0.414. The van der Waals surface area contributed by atoms with Gasteiger partial charge in [-0.25, -0.2) is 8.51 Å². The van der Waals surface area contributed by atoms with E-state index >= 15 is 0 Å². The fourth-order valence-electron chi connectivity index (χ4n) is 2.14. The second-order valence-corrected chi connectivity index (χ2v) is 7.81. The van der Waals surface area contributed by atoms with Crippen molar-refractivity contribution in [3.63, 3.8) is 0 Å². The van der Waals surface area contributed by atoms with Gasteiger partial charge in [0.1, 0.15) is 16.7 Å². The van der Waals surface area contributed by atoms with Crippen molar-refractivity contribution in [2.24, 2.45) is 0 Å². The minimum atomic E-state index is -1.01. The van der Waals surface area contributed by atoms with Crippen molar-refractivity contribution in [1.82, 2.24) is 4.31 Å². The Bertz CT molecular complexity index is 490. The van der Waals surface area contributed by atoms with Gasteiger partial charge in [-0.05, 0) is 38.5 Å². The molecule has 1 aliphatic rings. The number of hydrogen-bond donors (Lipinski definition) is 0. The zero-order valence-electron chi connectivity index (χ0n) is 11.9. The zero-order chi connectivity index (χ0) is 14.2. The smallest absolute Gasteiger partial charge is 0.118 e. The standard InChI is InChI=1S/C15H21NO2S/c1-6-13-14(16(13)19(17)15(2,3)4)11-7-9-12(18-5)10-8-11/h6-10,13-14H,1H2,2-5H3/t13-,14+,16?,19+/m0/s1. The molecule has 1 unspecified atom stereocenters. The van der Waals surface area contributed by atoms with Gasteiger partial charge >= 0.3 is 0 Å². The average Bonchev–Trinajstić information content (AvgIpc) is 3.11. The van der Waals surface area contributed by atoms with Crippen LogP contribution in [-0.2, 0) is 11.0 Å². The first-order valence-corrected chi connectivity index (χ1v) is 7.47. The maximum absolute atomic E-state index is 12.5. The Labute approximate surface area is 117 Å². The molecule has 3 nitrogen and oxygen atoms in total.